The Labute approximate surface area is 152 Å². The van der Waals surface area contributed by atoms with Crippen molar-refractivity contribution in [2.24, 2.45) is 0 Å². The molecular weight excluding hydrogens is 334 g/mol. The van der Waals surface area contributed by atoms with Crippen molar-refractivity contribution in [3.05, 3.63) is 65.2 Å². The van der Waals surface area contributed by atoms with Gasteiger partial charge in [0.25, 0.3) is 5.91 Å². The Bertz CT molecular complexity index is 791. The zero-order valence-corrected chi connectivity index (χ0v) is 14.8. The van der Waals surface area contributed by atoms with Crippen LogP contribution in [-0.2, 0) is 22.3 Å². The first-order chi connectivity index (χ1) is 12.6. The standard InChI is InChI=1S/C20H21NO5/c1-24-17-10-6-9-14-11-12-20(13-16(14)17,26-19(23)25-2)21-18(22)15-7-4-3-5-8-15/h3-10H,11-13H2,1-2H3,(H,21,22)/t20-/m0/s1. The highest BCUT2D eigenvalue weighted by Crippen LogP contribution is 2.35. The Kier molecular flexibility index (Phi) is 5.11. The van der Waals surface area contributed by atoms with Crippen LogP contribution in [0.1, 0.15) is 27.9 Å². The third kappa shape index (κ3) is 3.64. The fraction of sp³-hybridized carbons (Fsp3) is 0.300. The number of hydrogen-bond acceptors (Lipinski definition) is 5. The summed E-state index contributed by atoms with van der Waals surface area (Å²) in [5, 5.41) is 2.89. The first-order valence-corrected chi connectivity index (χ1v) is 8.36. The first-order valence-electron chi connectivity index (χ1n) is 8.36. The summed E-state index contributed by atoms with van der Waals surface area (Å²) in [6.07, 6.45) is 0.552. The molecule has 6 heteroatoms. The molecule has 1 atom stereocenters. The molecule has 6 nitrogen and oxygen atoms in total. The van der Waals surface area contributed by atoms with E-state index in [2.05, 4.69) is 10.1 Å². The van der Waals surface area contributed by atoms with Crippen molar-refractivity contribution < 1.29 is 23.8 Å². The van der Waals surface area contributed by atoms with E-state index in [-0.39, 0.29) is 5.91 Å². The number of carbonyl (C=O) groups is 2. The summed E-state index contributed by atoms with van der Waals surface area (Å²) in [7, 11) is 2.84. The van der Waals surface area contributed by atoms with Gasteiger partial charge in [-0.1, -0.05) is 30.3 Å². The van der Waals surface area contributed by atoms with E-state index in [0.29, 0.717) is 30.6 Å². The van der Waals surface area contributed by atoms with Crippen LogP contribution < -0.4 is 10.1 Å². The Morgan fingerprint density at radius 1 is 1.04 bits per heavy atom. The van der Waals surface area contributed by atoms with Crippen LogP contribution in [0.5, 0.6) is 5.75 Å². The monoisotopic (exact) mass is 355 g/mol. The molecule has 0 aliphatic heterocycles. The highest BCUT2D eigenvalue weighted by atomic mass is 16.7. The van der Waals surface area contributed by atoms with Gasteiger partial charge in [0.05, 0.1) is 14.2 Å². The number of rotatable bonds is 4. The van der Waals surface area contributed by atoms with Crippen LogP contribution in [-0.4, -0.2) is 32.0 Å². The molecule has 0 unspecified atom stereocenters. The third-order valence-electron chi connectivity index (χ3n) is 4.53. The second kappa shape index (κ2) is 7.47. The van der Waals surface area contributed by atoms with Crippen molar-refractivity contribution in [1.82, 2.24) is 5.32 Å². The molecule has 1 aliphatic rings. The Morgan fingerprint density at radius 3 is 2.50 bits per heavy atom. The fourth-order valence-corrected chi connectivity index (χ4v) is 3.24. The van der Waals surface area contributed by atoms with Gasteiger partial charge < -0.3 is 19.5 Å². The molecule has 0 radical (unpaired) electrons. The smallest absolute Gasteiger partial charge is 0.496 e. The lowest BCUT2D eigenvalue weighted by atomic mass is 9.84. The molecule has 0 saturated carbocycles. The number of amides is 1. The summed E-state index contributed by atoms with van der Waals surface area (Å²) in [5.41, 5.74) is 1.33. The summed E-state index contributed by atoms with van der Waals surface area (Å²) < 4.78 is 15.6. The van der Waals surface area contributed by atoms with E-state index in [4.69, 9.17) is 9.47 Å². The maximum atomic E-state index is 12.7. The lowest BCUT2D eigenvalue weighted by molar-refractivity contribution is -0.0516. The van der Waals surface area contributed by atoms with E-state index in [1.807, 2.05) is 24.3 Å². The van der Waals surface area contributed by atoms with Crippen LogP contribution >= 0.6 is 0 Å². The maximum absolute atomic E-state index is 12.7. The van der Waals surface area contributed by atoms with Crippen molar-refractivity contribution in [2.45, 2.75) is 25.0 Å². The molecule has 1 aliphatic carbocycles. The van der Waals surface area contributed by atoms with E-state index in [9.17, 15) is 9.59 Å². The van der Waals surface area contributed by atoms with Crippen molar-refractivity contribution in [1.29, 1.82) is 0 Å². The van der Waals surface area contributed by atoms with Crippen LogP contribution in [0, 0.1) is 0 Å². The van der Waals surface area contributed by atoms with Gasteiger partial charge in [0, 0.05) is 24.0 Å². The summed E-state index contributed by atoms with van der Waals surface area (Å²) in [4.78, 5) is 24.5. The van der Waals surface area contributed by atoms with Gasteiger partial charge in [-0.15, -0.1) is 0 Å². The number of nitrogens with one attached hydrogen (secondary N) is 1. The van der Waals surface area contributed by atoms with Gasteiger partial charge >= 0.3 is 6.16 Å². The minimum atomic E-state index is -1.19. The molecule has 136 valence electrons. The van der Waals surface area contributed by atoms with Crippen molar-refractivity contribution in [3.8, 4) is 5.75 Å². The second-order valence-corrected chi connectivity index (χ2v) is 6.15. The number of hydrogen-bond donors (Lipinski definition) is 1. The van der Waals surface area contributed by atoms with Crippen molar-refractivity contribution >= 4 is 12.1 Å². The zero-order chi connectivity index (χ0) is 18.6. The number of aryl methyl sites for hydroxylation is 1. The molecule has 1 amide bonds. The van der Waals surface area contributed by atoms with Crippen LogP contribution in [0.4, 0.5) is 4.79 Å². The van der Waals surface area contributed by atoms with Gasteiger partial charge in [0.2, 0.25) is 0 Å². The van der Waals surface area contributed by atoms with Gasteiger partial charge in [0.15, 0.2) is 5.72 Å². The number of carbonyl (C=O) groups excluding carboxylic acids is 2. The number of methoxy groups -OCH3 is 2. The predicted octanol–water partition coefficient (Wildman–Crippen LogP) is 3.09. The fourth-order valence-electron chi connectivity index (χ4n) is 3.24. The number of benzene rings is 2. The van der Waals surface area contributed by atoms with Crippen LogP contribution in [0.2, 0.25) is 0 Å². The largest absolute Gasteiger partial charge is 0.510 e. The molecule has 26 heavy (non-hydrogen) atoms. The Morgan fingerprint density at radius 2 is 1.81 bits per heavy atom. The lowest BCUT2D eigenvalue weighted by Gasteiger charge is -2.38. The second-order valence-electron chi connectivity index (χ2n) is 6.15. The Balaban J connectivity index is 1.93. The van der Waals surface area contributed by atoms with Crippen LogP contribution in [0.25, 0.3) is 0 Å². The molecular formula is C20H21NO5. The number of ether oxygens (including phenoxy) is 3. The van der Waals surface area contributed by atoms with Gasteiger partial charge in [-0.25, -0.2) is 4.79 Å². The molecule has 0 saturated heterocycles. The number of fused-ring (bicyclic) bond motifs is 1. The van der Waals surface area contributed by atoms with E-state index in [0.717, 1.165) is 11.1 Å². The summed E-state index contributed by atoms with van der Waals surface area (Å²) >= 11 is 0. The average Bonchev–Trinajstić information content (AvgIpc) is 2.68. The summed E-state index contributed by atoms with van der Waals surface area (Å²) in [5.74, 6) is 0.391. The zero-order valence-electron chi connectivity index (χ0n) is 14.8. The van der Waals surface area contributed by atoms with Crippen molar-refractivity contribution in [2.75, 3.05) is 14.2 Å². The maximum Gasteiger partial charge on any atom is 0.510 e. The highest BCUT2D eigenvalue weighted by molar-refractivity contribution is 5.94. The van der Waals surface area contributed by atoms with Crippen LogP contribution in [0.3, 0.4) is 0 Å². The van der Waals surface area contributed by atoms with E-state index in [1.54, 1.807) is 31.4 Å². The molecule has 2 aromatic rings. The minimum Gasteiger partial charge on any atom is -0.496 e. The summed E-state index contributed by atoms with van der Waals surface area (Å²) in [6.45, 7) is 0. The van der Waals surface area contributed by atoms with E-state index >= 15 is 0 Å². The minimum absolute atomic E-state index is 0.306. The Hall–Kier alpha value is -3.02. The third-order valence-corrected chi connectivity index (χ3v) is 4.53. The quantitative estimate of drug-likeness (QED) is 0.674. The average molecular weight is 355 g/mol. The molecule has 2 aromatic carbocycles. The molecule has 3 rings (SSSR count). The topological polar surface area (TPSA) is 73.9 Å². The van der Waals surface area contributed by atoms with Gasteiger partial charge in [0.1, 0.15) is 5.75 Å². The molecule has 0 spiro atoms. The predicted molar refractivity (Wildman–Crippen MR) is 95.1 cm³/mol. The van der Waals surface area contributed by atoms with Gasteiger partial charge in [-0.05, 0) is 30.2 Å². The van der Waals surface area contributed by atoms with Gasteiger partial charge in [-0.3, -0.25) is 4.79 Å². The van der Waals surface area contributed by atoms with E-state index in [1.165, 1.54) is 7.11 Å². The molecule has 0 aromatic heterocycles. The highest BCUT2D eigenvalue weighted by Gasteiger charge is 2.41. The summed E-state index contributed by atoms with van der Waals surface area (Å²) in [6, 6.07) is 14.6. The molecule has 1 N–H and O–H groups in total. The molecule has 0 fully saturated rings. The normalized spacial score (nSPS) is 18.4. The molecule has 0 heterocycles. The lowest BCUT2D eigenvalue weighted by Crippen LogP contribution is -2.55. The first kappa shape index (κ1) is 17.8. The van der Waals surface area contributed by atoms with E-state index < -0.39 is 11.9 Å². The molecule has 0 bridgehead atoms. The van der Waals surface area contributed by atoms with Gasteiger partial charge in [-0.2, -0.15) is 0 Å². The van der Waals surface area contributed by atoms with Crippen molar-refractivity contribution in [3.63, 3.8) is 0 Å². The SMILES string of the molecule is COC(=O)O[C@@]1(NC(=O)c2ccccc2)CCc2cccc(OC)c2C1. The van der Waals surface area contributed by atoms with Crippen LogP contribution in [0.15, 0.2) is 48.5 Å².